The Morgan fingerprint density at radius 2 is 1.86 bits per heavy atom. The molecular formula is C20H19F3N2O4. The molecule has 0 radical (unpaired) electrons. The van der Waals surface area contributed by atoms with E-state index in [1.165, 1.54) is 25.2 Å². The summed E-state index contributed by atoms with van der Waals surface area (Å²) in [7, 11) is 3.06. The van der Waals surface area contributed by atoms with Crippen LogP contribution >= 0.6 is 0 Å². The van der Waals surface area contributed by atoms with Crippen molar-refractivity contribution >= 4 is 12.0 Å². The van der Waals surface area contributed by atoms with Crippen LogP contribution < -0.4 is 14.2 Å². The minimum atomic E-state index is -4.46. The maximum atomic E-state index is 12.7. The van der Waals surface area contributed by atoms with Crippen molar-refractivity contribution in [2.45, 2.75) is 12.3 Å². The second-order valence-corrected chi connectivity index (χ2v) is 6.31. The first-order chi connectivity index (χ1) is 13.8. The van der Waals surface area contributed by atoms with Crippen LogP contribution in [0.15, 0.2) is 42.6 Å². The summed E-state index contributed by atoms with van der Waals surface area (Å²) in [6.07, 6.45) is -0.750. The van der Waals surface area contributed by atoms with Crippen molar-refractivity contribution in [2.24, 2.45) is 0 Å². The summed E-state index contributed by atoms with van der Waals surface area (Å²) in [5.41, 5.74) is -0.0647. The van der Waals surface area contributed by atoms with E-state index < -0.39 is 17.8 Å². The fraction of sp³-hybridized carbons (Fsp3) is 0.300. The van der Waals surface area contributed by atoms with E-state index in [0.29, 0.717) is 11.5 Å². The van der Waals surface area contributed by atoms with Crippen LogP contribution in [-0.2, 0) is 11.0 Å². The Hall–Kier alpha value is -3.23. The van der Waals surface area contributed by atoms with Gasteiger partial charge in [0, 0.05) is 18.3 Å². The van der Waals surface area contributed by atoms with E-state index in [-0.39, 0.29) is 24.9 Å². The lowest BCUT2D eigenvalue weighted by molar-refractivity contribution is -0.137. The number of hydrogen-bond donors (Lipinski definition) is 0. The SMILES string of the molecule is COc1ccc(/C=C/C(=O)N2CC(Oc3cc(C(F)(F)F)ccn3)C2)cc1OC. The topological polar surface area (TPSA) is 60.9 Å². The maximum Gasteiger partial charge on any atom is 0.416 e. The molecular weight excluding hydrogens is 389 g/mol. The molecule has 0 unspecified atom stereocenters. The van der Waals surface area contributed by atoms with Gasteiger partial charge < -0.3 is 19.1 Å². The number of ether oxygens (including phenoxy) is 3. The maximum absolute atomic E-state index is 12.7. The number of halogens is 3. The van der Waals surface area contributed by atoms with Crippen molar-refractivity contribution in [3.63, 3.8) is 0 Å². The first-order valence-electron chi connectivity index (χ1n) is 8.69. The molecule has 154 valence electrons. The van der Waals surface area contributed by atoms with Crippen molar-refractivity contribution in [3.8, 4) is 17.4 Å². The Bertz CT molecular complexity index is 909. The Morgan fingerprint density at radius 3 is 2.52 bits per heavy atom. The van der Waals surface area contributed by atoms with Crippen LogP contribution in [0.5, 0.6) is 17.4 Å². The van der Waals surface area contributed by atoms with Gasteiger partial charge in [0.25, 0.3) is 0 Å². The molecule has 0 atom stereocenters. The zero-order chi connectivity index (χ0) is 21.0. The van der Waals surface area contributed by atoms with Crippen molar-refractivity contribution in [2.75, 3.05) is 27.3 Å². The highest BCUT2D eigenvalue weighted by molar-refractivity contribution is 5.92. The molecule has 1 amide bonds. The number of methoxy groups -OCH3 is 2. The summed E-state index contributed by atoms with van der Waals surface area (Å²) in [6.45, 7) is 0.542. The predicted octanol–water partition coefficient (Wildman–Crippen LogP) is 3.42. The summed E-state index contributed by atoms with van der Waals surface area (Å²) in [5.74, 6) is 0.796. The molecule has 0 bridgehead atoms. The Morgan fingerprint density at radius 1 is 1.14 bits per heavy atom. The second kappa shape index (κ2) is 8.42. The number of carbonyl (C=O) groups is 1. The summed E-state index contributed by atoms with van der Waals surface area (Å²) in [4.78, 5) is 17.5. The minimum absolute atomic E-state index is 0.113. The van der Waals surface area contributed by atoms with Crippen LogP contribution in [0.2, 0.25) is 0 Å². The summed E-state index contributed by atoms with van der Waals surface area (Å²) in [6, 6.07) is 6.98. The van der Waals surface area contributed by atoms with Gasteiger partial charge in [-0.1, -0.05) is 6.07 Å². The Kier molecular flexibility index (Phi) is 5.95. The summed E-state index contributed by atoms with van der Waals surface area (Å²) in [5, 5.41) is 0. The number of rotatable bonds is 6. The van der Waals surface area contributed by atoms with Gasteiger partial charge in [-0.25, -0.2) is 4.98 Å². The van der Waals surface area contributed by atoms with Gasteiger partial charge in [-0.05, 0) is 29.8 Å². The van der Waals surface area contributed by atoms with Gasteiger partial charge in [0.1, 0.15) is 6.10 Å². The molecule has 1 aromatic heterocycles. The lowest BCUT2D eigenvalue weighted by atomic mass is 10.1. The average Bonchev–Trinajstić information content (AvgIpc) is 2.67. The van der Waals surface area contributed by atoms with Crippen LogP contribution in [0.3, 0.4) is 0 Å². The molecule has 1 fully saturated rings. The first kappa shape index (κ1) is 20.5. The van der Waals surface area contributed by atoms with Crippen LogP contribution in [0, 0.1) is 0 Å². The molecule has 1 aromatic carbocycles. The van der Waals surface area contributed by atoms with Crippen LogP contribution in [0.1, 0.15) is 11.1 Å². The zero-order valence-corrected chi connectivity index (χ0v) is 15.8. The van der Waals surface area contributed by atoms with Gasteiger partial charge in [-0.2, -0.15) is 13.2 Å². The third-order valence-corrected chi connectivity index (χ3v) is 4.34. The molecule has 29 heavy (non-hydrogen) atoms. The van der Waals surface area contributed by atoms with Crippen molar-refractivity contribution in [3.05, 3.63) is 53.7 Å². The van der Waals surface area contributed by atoms with Gasteiger partial charge in [0.05, 0.1) is 32.9 Å². The molecule has 2 heterocycles. The molecule has 0 N–H and O–H groups in total. The number of carbonyl (C=O) groups excluding carboxylic acids is 1. The molecule has 9 heteroatoms. The monoisotopic (exact) mass is 408 g/mol. The standard InChI is InChI=1S/C20H19F3N2O4/c1-27-16-5-3-13(9-17(16)28-2)4-6-19(26)25-11-15(12-25)29-18-10-14(7-8-24-18)20(21,22)23/h3-10,15H,11-12H2,1-2H3/b6-4+. The highest BCUT2D eigenvalue weighted by Crippen LogP contribution is 2.31. The predicted molar refractivity (Wildman–Crippen MR) is 98.8 cm³/mol. The van der Waals surface area contributed by atoms with E-state index in [4.69, 9.17) is 14.2 Å². The van der Waals surface area contributed by atoms with Crippen LogP contribution in [0.25, 0.3) is 6.08 Å². The summed E-state index contributed by atoms with van der Waals surface area (Å²) < 4.78 is 54.0. The number of amides is 1. The molecule has 1 saturated heterocycles. The third kappa shape index (κ3) is 4.98. The van der Waals surface area contributed by atoms with Crippen molar-refractivity contribution in [1.82, 2.24) is 9.88 Å². The van der Waals surface area contributed by atoms with Crippen LogP contribution in [0.4, 0.5) is 13.2 Å². The number of benzene rings is 1. The number of alkyl halides is 3. The molecule has 1 aliphatic rings. The lowest BCUT2D eigenvalue weighted by Gasteiger charge is -2.38. The highest BCUT2D eigenvalue weighted by atomic mass is 19.4. The molecule has 0 saturated carbocycles. The number of nitrogens with zero attached hydrogens (tertiary/aromatic N) is 2. The van der Waals surface area contributed by atoms with Gasteiger partial charge in [0.15, 0.2) is 11.5 Å². The molecule has 0 aliphatic carbocycles. The van der Waals surface area contributed by atoms with Gasteiger partial charge in [-0.3, -0.25) is 4.79 Å². The smallest absolute Gasteiger partial charge is 0.416 e. The van der Waals surface area contributed by atoms with Crippen molar-refractivity contribution in [1.29, 1.82) is 0 Å². The lowest BCUT2D eigenvalue weighted by Crippen LogP contribution is -2.55. The fourth-order valence-electron chi connectivity index (χ4n) is 2.74. The zero-order valence-electron chi connectivity index (χ0n) is 15.8. The fourth-order valence-corrected chi connectivity index (χ4v) is 2.74. The molecule has 0 spiro atoms. The quantitative estimate of drug-likeness (QED) is 0.686. The van der Waals surface area contributed by atoms with E-state index in [9.17, 15) is 18.0 Å². The normalized spacial score (nSPS) is 14.6. The number of hydrogen-bond acceptors (Lipinski definition) is 5. The number of aromatic nitrogens is 1. The van der Waals surface area contributed by atoms with E-state index in [1.807, 2.05) is 0 Å². The molecule has 3 rings (SSSR count). The van der Waals surface area contributed by atoms with Gasteiger partial charge in [0.2, 0.25) is 11.8 Å². The second-order valence-electron chi connectivity index (χ2n) is 6.31. The van der Waals surface area contributed by atoms with Gasteiger partial charge >= 0.3 is 6.18 Å². The average molecular weight is 408 g/mol. The van der Waals surface area contributed by atoms with Crippen LogP contribution in [-0.4, -0.2) is 49.2 Å². The minimum Gasteiger partial charge on any atom is -0.493 e. The number of likely N-dealkylation sites (tertiary alicyclic amines) is 1. The summed E-state index contributed by atoms with van der Waals surface area (Å²) >= 11 is 0. The molecule has 6 nitrogen and oxygen atoms in total. The third-order valence-electron chi connectivity index (χ3n) is 4.34. The highest BCUT2D eigenvalue weighted by Gasteiger charge is 2.33. The van der Waals surface area contributed by atoms with E-state index in [1.54, 1.807) is 24.3 Å². The van der Waals surface area contributed by atoms with E-state index in [0.717, 1.165) is 23.9 Å². The van der Waals surface area contributed by atoms with E-state index in [2.05, 4.69) is 4.98 Å². The first-order valence-corrected chi connectivity index (χ1v) is 8.69. The van der Waals surface area contributed by atoms with Gasteiger partial charge in [-0.15, -0.1) is 0 Å². The van der Waals surface area contributed by atoms with E-state index >= 15 is 0 Å². The van der Waals surface area contributed by atoms with Crippen molar-refractivity contribution < 1.29 is 32.2 Å². The largest absolute Gasteiger partial charge is 0.493 e. The molecule has 2 aromatic rings. The Labute approximate surface area is 165 Å². The molecule has 1 aliphatic heterocycles. The number of pyridine rings is 1. The Balaban J connectivity index is 1.53.